The standard InChI is InChI=1S/C18H23NO3/c1-18(2,19)14-10-15(20-3)17(16(11-14)21-4)22-12-13-8-6-5-7-9-13/h5-11H,12,19H2,1-4H3. The third-order valence-corrected chi connectivity index (χ3v) is 3.43. The molecule has 0 bridgehead atoms. The Morgan fingerprint density at radius 1 is 0.955 bits per heavy atom. The summed E-state index contributed by atoms with van der Waals surface area (Å²) >= 11 is 0. The molecule has 2 N–H and O–H groups in total. The van der Waals surface area contributed by atoms with Gasteiger partial charge in [0.1, 0.15) is 6.61 Å². The minimum Gasteiger partial charge on any atom is -0.493 e. The highest BCUT2D eigenvalue weighted by Gasteiger charge is 2.21. The second kappa shape index (κ2) is 6.71. The number of rotatable bonds is 6. The lowest BCUT2D eigenvalue weighted by Gasteiger charge is -2.23. The zero-order valence-electron chi connectivity index (χ0n) is 13.6. The summed E-state index contributed by atoms with van der Waals surface area (Å²) in [6.07, 6.45) is 0. The van der Waals surface area contributed by atoms with Gasteiger partial charge in [-0.1, -0.05) is 30.3 Å². The summed E-state index contributed by atoms with van der Waals surface area (Å²) in [5, 5.41) is 0. The molecule has 0 atom stereocenters. The number of nitrogens with two attached hydrogens (primary N) is 1. The monoisotopic (exact) mass is 301 g/mol. The number of hydrogen-bond acceptors (Lipinski definition) is 4. The molecule has 4 heteroatoms. The van der Waals surface area contributed by atoms with Crippen LogP contribution in [0.3, 0.4) is 0 Å². The van der Waals surface area contributed by atoms with Crippen molar-refractivity contribution in [1.29, 1.82) is 0 Å². The topological polar surface area (TPSA) is 53.7 Å². The van der Waals surface area contributed by atoms with Crippen molar-refractivity contribution in [2.45, 2.75) is 26.0 Å². The summed E-state index contributed by atoms with van der Waals surface area (Å²) < 4.78 is 16.8. The highest BCUT2D eigenvalue weighted by atomic mass is 16.5. The van der Waals surface area contributed by atoms with E-state index in [1.54, 1.807) is 14.2 Å². The molecule has 0 saturated carbocycles. The van der Waals surface area contributed by atoms with Gasteiger partial charge >= 0.3 is 0 Å². The van der Waals surface area contributed by atoms with Crippen LogP contribution in [0, 0.1) is 0 Å². The Kier molecular flexibility index (Phi) is 4.93. The summed E-state index contributed by atoms with van der Waals surface area (Å²) in [5.74, 6) is 1.81. The lowest BCUT2D eigenvalue weighted by Crippen LogP contribution is -2.28. The molecule has 2 rings (SSSR count). The molecule has 0 aliphatic carbocycles. The van der Waals surface area contributed by atoms with E-state index in [0.29, 0.717) is 23.9 Å². The third-order valence-electron chi connectivity index (χ3n) is 3.43. The Labute approximate surface area is 131 Å². The molecule has 0 aromatic heterocycles. The maximum absolute atomic E-state index is 6.17. The maximum Gasteiger partial charge on any atom is 0.203 e. The summed E-state index contributed by atoms with van der Waals surface area (Å²) in [4.78, 5) is 0. The van der Waals surface area contributed by atoms with E-state index in [2.05, 4.69) is 0 Å². The molecule has 0 heterocycles. The lowest BCUT2D eigenvalue weighted by atomic mass is 9.95. The lowest BCUT2D eigenvalue weighted by molar-refractivity contribution is 0.265. The molecule has 0 aliphatic heterocycles. The van der Waals surface area contributed by atoms with E-state index in [1.807, 2.05) is 56.3 Å². The van der Waals surface area contributed by atoms with Crippen molar-refractivity contribution in [2.24, 2.45) is 5.73 Å². The number of methoxy groups -OCH3 is 2. The highest BCUT2D eigenvalue weighted by Crippen LogP contribution is 2.41. The normalized spacial score (nSPS) is 11.1. The zero-order valence-corrected chi connectivity index (χ0v) is 13.6. The van der Waals surface area contributed by atoms with Crippen LogP contribution < -0.4 is 19.9 Å². The molecular weight excluding hydrogens is 278 g/mol. The predicted molar refractivity (Wildman–Crippen MR) is 87.5 cm³/mol. The molecule has 0 amide bonds. The summed E-state index contributed by atoms with van der Waals surface area (Å²) in [6, 6.07) is 13.7. The summed E-state index contributed by atoms with van der Waals surface area (Å²) in [7, 11) is 3.22. The molecule has 22 heavy (non-hydrogen) atoms. The molecule has 4 nitrogen and oxygen atoms in total. The van der Waals surface area contributed by atoms with Gasteiger partial charge in [-0.2, -0.15) is 0 Å². The van der Waals surface area contributed by atoms with Gasteiger partial charge < -0.3 is 19.9 Å². The number of hydrogen-bond donors (Lipinski definition) is 1. The average Bonchev–Trinajstić information content (AvgIpc) is 2.52. The first-order valence-electron chi connectivity index (χ1n) is 7.18. The average molecular weight is 301 g/mol. The molecule has 0 saturated heterocycles. The van der Waals surface area contributed by atoms with Crippen molar-refractivity contribution in [3.63, 3.8) is 0 Å². The van der Waals surface area contributed by atoms with E-state index < -0.39 is 5.54 Å². The van der Waals surface area contributed by atoms with Gasteiger partial charge in [0, 0.05) is 5.54 Å². The van der Waals surface area contributed by atoms with Crippen molar-refractivity contribution in [3.8, 4) is 17.2 Å². The SMILES string of the molecule is COc1cc(C(C)(C)N)cc(OC)c1OCc1ccccc1. The van der Waals surface area contributed by atoms with E-state index >= 15 is 0 Å². The fourth-order valence-corrected chi connectivity index (χ4v) is 2.12. The first-order chi connectivity index (χ1) is 10.5. The van der Waals surface area contributed by atoms with Crippen LogP contribution in [0.4, 0.5) is 0 Å². The largest absolute Gasteiger partial charge is 0.493 e. The van der Waals surface area contributed by atoms with Gasteiger partial charge in [-0.15, -0.1) is 0 Å². The highest BCUT2D eigenvalue weighted by molar-refractivity contribution is 5.55. The second-order valence-electron chi connectivity index (χ2n) is 5.71. The van der Waals surface area contributed by atoms with Gasteiger partial charge in [0.25, 0.3) is 0 Å². The minimum absolute atomic E-state index is 0.443. The Hall–Kier alpha value is -2.20. The molecule has 0 unspecified atom stereocenters. The Bertz CT molecular complexity index is 593. The van der Waals surface area contributed by atoms with Crippen LogP contribution in [0.5, 0.6) is 17.2 Å². The van der Waals surface area contributed by atoms with Gasteiger partial charge in [-0.3, -0.25) is 0 Å². The van der Waals surface area contributed by atoms with E-state index in [9.17, 15) is 0 Å². The second-order valence-corrected chi connectivity index (χ2v) is 5.71. The van der Waals surface area contributed by atoms with Gasteiger partial charge in [0.2, 0.25) is 5.75 Å². The van der Waals surface area contributed by atoms with Crippen LogP contribution in [0.2, 0.25) is 0 Å². The first-order valence-corrected chi connectivity index (χ1v) is 7.18. The summed E-state index contributed by atoms with van der Waals surface area (Å²) in [5.41, 5.74) is 7.68. The molecule has 0 radical (unpaired) electrons. The molecule has 118 valence electrons. The van der Waals surface area contributed by atoms with Crippen molar-refractivity contribution in [1.82, 2.24) is 0 Å². The predicted octanol–water partition coefficient (Wildman–Crippen LogP) is 3.48. The molecule has 0 spiro atoms. The molecule has 2 aromatic rings. The van der Waals surface area contributed by atoms with E-state index in [-0.39, 0.29) is 0 Å². The van der Waals surface area contributed by atoms with Crippen LogP contribution in [0.15, 0.2) is 42.5 Å². The Morgan fingerprint density at radius 2 is 1.50 bits per heavy atom. The van der Waals surface area contributed by atoms with Crippen LogP contribution in [0.25, 0.3) is 0 Å². The van der Waals surface area contributed by atoms with Crippen LogP contribution >= 0.6 is 0 Å². The van der Waals surface area contributed by atoms with E-state index in [4.69, 9.17) is 19.9 Å². The van der Waals surface area contributed by atoms with Gasteiger partial charge in [-0.05, 0) is 37.1 Å². The third kappa shape index (κ3) is 3.71. The molecule has 0 aliphatic rings. The minimum atomic E-state index is -0.488. The fourth-order valence-electron chi connectivity index (χ4n) is 2.12. The first kappa shape index (κ1) is 16.2. The van der Waals surface area contributed by atoms with E-state index in [0.717, 1.165) is 11.1 Å². The quantitative estimate of drug-likeness (QED) is 0.887. The van der Waals surface area contributed by atoms with Gasteiger partial charge in [-0.25, -0.2) is 0 Å². The Morgan fingerprint density at radius 3 is 1.95 bits per heavy atom. The zero-order chi connectivity index (χ0) is 16.2. The van der Waals surface area contributed by atoms with Gasteiger partial charge in [0.15, 0.2) is 11.5 Å². The summed E-state index contributed by atoms with van der Waals surface area (Å²) in [6.45, 7) is 4.32. The van der Waals surface area contributed by atoms with Crippen molar-refractivity contribution in [3.05, 3.63) is 53.6 Å². The van der Waals surface area contributed by atoms with Crippen molar-refractivity contribution < 1.29 is 14.2 Å². The number of ether oxygens (including phenoxy) is 3. The van der Waals surface area contributed by atoms with Crippen LogP contribution in [0.1, 0.15) is 25.0 Å². The number of benzene rings is 2. The molecule has 0 fully saturated rings. The van der Waals surface area contributed by atoms with Crippen molar-refractivity contribution >= 4 is 0 Å². The van der Waals surface area contributed by atoms with Crippen LogP contribution in [-0.4, -0.2) is 14.2 Å². The van der Waals surface area contributed by atoms with Crippen molar-refractivity contribution in [2.75, 3.05) is 14.2 Å². The maximum atomic E-state index is 6.17. The van der Waals surface area contributed by atoms with E-state index in [1.165, 1.54) is 0 Å². The fraction of sp³-hybridized carbons (Fsp3) is 0.333. The van der Waals surface area contributed by atoms with Crippen LogP contribution in [-0.2, 0) is 12.1 Å². The van der Waals surface area contributed by atoms with Gasteiger partial charge in [0.05, 0.1) is 14.2 Å². The Balaban J connectivity index is 2.33. The molecule has 2 aromatic carbocycles. The molecular formula is C18H23NO3. The smallest absolute Gasteiger partial charge is 0.203 e.